The van der Waals surface area contributed by atoms with E-state index in [2.05, 4.69) is 15.6 Å². The maximum atomic E-state index is 11.4. The van der Waals surface area contributed by atoms with Gasteiger partial charge in [-0.2, -0.15) is 0 Å². The van der Waals surface area contributed by atoms with Crippen molar-refractivity contribution in [2.45, 2.75) is 12.8 Å². The molecule has 122 valence electrons. The molecular formula is C17H22N4O2. The van der Waals surface area contributed by atoms with Gasteiger partial charge < -0.3 is 21.1 Å². The number of rotatable bonds is 8. The lowest BCUT2D eigenvalue weighted by Crippen LogP contribution is -2.16. The lowest BCUT2D eigenvalue weighted by atomic mass is 10.1. The van der Waals surface area contributed by atoms with Gasteiger partial charge in [-0.15, -0.1) is 0 Å². The van der Waals surface area contributed by atoms with Gasteiger partial charge in [0.05, 0.1) is 19.0 Å². The van der Waals surface area contributed by atoms with Gasteiger partial charge in [-0.3, -0.25) is 4.79 Å². The fourth-order valence-corrected chi connectivity index (χ4v) is 2.05. The number of carbonyl (C=O) groups is 1. The number of amides is 1. The fourth-order valence-electron chi connectivity index (χ4n) is 2.05. The predicted octanol–water partition coefficient (Wildman–Crippen LogP) is 2.03. The highest BCUT2D eigenvalue weighted by Crippen LogP contribution is 2.13. The Hall–Kier alpha value is -2.60. The Morgan fingerprint density at radius 3 is 2.61 bits per heavy atom. The van der Waals surface area contributed by atoms with Crippen LogP contribution in [0.5, 0.6) is 5.75 Å². The van der Waals surface area contributed by atoms with Crippen LogP contribution in [0.4, 0.5) is 11.5 Å². The van der Waals surface area contributed by atoms with Crippen LogP contribution >= 0.6 is 0 Å². The van der Waals surface area contributed by atoms with Gasteiger partial charge in [0, 0.05) is 19.5 Å². The van der Waals surface area contributed by atoms with Crippen LogP contribution in [0, 0.1) is 0 Å². The van der Waals surface area contributed by atoms with Crippen LogP contribution in [0.25, 0.3) is 0 Å². The second-order valence-electron chi connectivity index (χ2n) is 5.04. The highest BCUT2D eigenvalue weighted by Gasteiger charge is 2.01. The van der Waals surface area contributed by atoms with E-state index in [-0.39, 0.29) is 5.91 Å². The van der Waals surface area contributed by atoms with Gasteiger partial charge in [0.25, 0.3) is 0 Å². The lowest BCUT2D eigenvalue weighted by molar-refractivity contribution is -0.116. The topological polar surface area (TPSA) is 89.3 Å². The standard InChI is InChI=1S/C17H22N4O2/c1-23-15-5-2-13(3-6-15)9-11-19-16-7-4-14(12-20-16)21-17(22)8-10-18/h2-7,12H,8-11,18H2,1H3,(H,19,20)(H,21,22). The number of aromatic nitrogens is 1. The van der Waals surface area contributed by atoms with Gasteiger partial charge in [0.1, 0.15) is 11.6 Å². The van der Waals surface area contributed by atoms with Crippen molar-refractivity contribution in [3.05, 3.63) is 48.2 Å². The summed E-state index contributed by atoms with van der Waals surface area (Å²) in [4.78, 5) is 15.7. The van der Waals surface area contributed by atoms with Gasteiger partial charge in [0.2, 0.25) is 5.91 Å². The summed E-state index contributed by atoms with van der Waals surface area (Å²) in [5, 5.41) is 5.99. The van der Waals surface area contributed by atoms with E-state index >= 15 is 0 Å². The first-order valence-electron chi connectivity index (χ1n) is 7.54. The molecule has 0 saturated heterocycles. The molecule has 6 nitrogen and oxygen atoms in total. The van der Waals surface area contributed by atoms with E-state index in [4.69, 9.17) is 10.5 Å². The molecule has 6 heteroatoms. The summed E-state index contributed by atoms with van der Waals surface area (Å²) in [7, 11) is 1.66. The summed E-state index contributed by atoms with van der Waals surface area (Å²) in [6.45, 7) is 1.11. The summed E-state index contributed by atoms with van der Waals surface area (Å²) in [5.74, 6) is 1.53. The molecule has 0 aliphatic rings. The average molecular weight is 314 g/mol. The van der Waals surface area contributed by atoms with Gasteiger partial charge in [-0.05, 0) is 36.2 Å². The van der Waals surface area contributed by atoms with E-state index in [0.29, 0.717) is 18.7 Å². The van der Waals surface area contributed by atoms with Crippen molar-refractivity contribution in [3.63, 3.8) is 0 Å². The van der Waals surface area contributed by atoms with Crippen molar-refractivity contribution in [2.75, 3.05) is 30.8 Å². The molecular weight excluding hydrogens is 292 g/mol. The summed E-state index contributed by atoms with van der Waals surface area (Å²) in [6.07, 6.45) is 2.83. The number of methoxy groups -OCH3 is 1. The second kappa shape index (κ2) is 8.75. The van der Waals surface area contributed by atoms with Crippen LogP contribution in [0.1, 0.15) is 12.0 Å². The van der Waals surface area contributed by atoms with Crippen LogP contribution in [-0.2, 0) is 11.2 Å². The van der Waals surface area contributed by atoms with E-state index in [1.165, 1.54) is 5.56 Å². The summed E-state index contributed by atoms with van der Waals surface area (Å²) in [6, 6.07) is 11.6. The van der Waals surface area contributed by atoms with Crippen LogP contribution in [0.3, 0.4) is 0 Å². The van der Waals surface area contributed by atoms with Gasteiger partial charge in [-0.1, -0.05) is 12.1 Å². The zero-order valence-corrected chi connectivity index (χ0v) is 13.2. The predicted molar refractivity (Wildman–Crippen MR) is 91.7 cm³/mol. The smallest absolute Gasteiger partial charge is 0.225 e. The number of ether oxygens (including phenoxy) is 1. The number of nitrogens with one attached hydrogen (secondary N) is 2. The zero-order chi connectivity index (χ0) is 16.5. The Kier molecular flexibility index (Phi) is 6.38. The molecule has 1 aromatic carbocycles. The number of benzene rings is 1. The summed E-state index contributed by atoms with van der Waals surface area (Å²) >= 11 is 0. The molecule has 0 aliphatic carbocycles. The van der Waals surface area contributed by atoms with Crippen molar-refractivity contribution >= 4 is 17.4 Å². The molecule has 2 aromatic rings. The lowest BCUT2D eigenvalue weighted by Gasteiger charge is -2.08. The van der Waals surface area contributed by atoms with Crippen LogP contribution < -0.4 is 21.1 Å². The number of hydrogen-bond acceptors (Lipinski definition) is 5. The molecule has 0 fully saturated rings. The molecule has 1 amide bonds. The summed E-state index contributed by atoms with van der Waals surface area (Å²) in [5.41, 5.74) is 7.23. The number of nitrogens with zero attached hydrogens (tertiary/aromatic N) is 1. The molecule has 0 spiro atoms. The maximum absolute atomic E-state index is 11.4. The minimum Gasteiger partial charge on any atom is -0.497 e. The first kappa shape index (κ1) is 16.8. The minimum absolute atomic E-state index is 0.102. The minimum atomic E-state index is -0.102. The first-order chi connectivity index (χ1) is 11.2. The second-order valence-corrected chi connectivity index (χ2v) is 5.04. The maximum Gasteiger partial charge on any atom is 0.225 e. The largest absolute Gasteiger partial charge is 0.497 e. The average Bonchev–Trinajstić information content (AvgIpc) is 2.57. The van der Waals surface area contributed by atoms with Crippen molar-refractivity contribution in [2.24, 2.45) is 5.73 Å². The normalized spacial score (nSPS) is 10.2. The number of nitrogens with two attached hydrogens (primary N) is 1. The highest BCUT2D eigenvalue weighted by molar-refractivity contribution is 5.90. The Morgan fingerprint density at radius 1 is 1.22 bits per heavy atom. The number of pyridine rings is 1. The van der Waals surface area contributed by atoms with Crippen LogP contribution in [-0.4, -0.2) is 31.1 Å². The van der Waals surface area contributed by atoms with E-state index in [1.807, 2.05) is 36.4 Å². The molecule has 0 aliphatic heterocycles. The fraction of sp³-hybridized carbons (Fsp3) is 0.294. The Morgan fingerprint density at radius 2 is 2.00 bits per heavy atom. The number of hydrogen-bond donors (Lipinski definition) is 3. The third kappa shape index (κ3) is 5.60. The van der Waals surface area contributed by atoms with Gasteiger partial charge in [0.15, 0.2) is 0 Å². The highest BCUT2D eigenvalue weighted by atomic mass is 16.5. The molecule has 0 radical (unpaired) electrons. The Labute approximate surface area is 136 Å². The molecule has 23 heavy (non-hydrogen) atoms. The quantitative estimate of drug-likeness (QED) is 0.694. The molecule has 4 N–H and O–H groups in total. The molecule has 0 saturated carbocycles. The van der Waals surface area contributed by atoms with Crippen LogP contribution in [0.2, 0.25) is 0 Å². The van der Waals surface area contributed by atoms with Gasteiger partial charge in [-0.25, -0.2) is 4.98 Å². The van der Waals surface area contributed by atoms with Gasteiger partial charge >= 0.3 is 0 Å². The van der Waals surface area contributed by atoms with Crippen molar-refractivity contribution in [3.8, 4) is 5.75 Å². The zero-order valence-electron chi connectivity index (χ0n) is 13.2. The van der Waals surface area contributed by atoms with E-state index in [9.17, 15) is 4.79 Å². The molecule has 1 aromatic heterocycles. The third-order valence-corrected chi connectivity index (χ3v) is 3.30. The Balaban J connectivity index is 1.78. The molecule has 0 bridgehead atoms. The monoisotopic (exact) mass is 314 g/mol. The Bertz CT molecular complexity index is 611. The van der Waals surface area contributed by atoms with Crippen molar-refractivity contribution in [1.82, 2.24) is 4.98 Å². The number of anilines is 2. The van der Waals surface area contributed by atoms with Crippen molar-refractivity contribution in [1.29, 1.82) is 0 Å². The van der Waals surface area contributed by atoms with E-state index < -0.39 is 0 Å². The summed E-state index contributed by atoms with van der Waals surface area (Å²) < 4.78 is 5.13. The van der Waals surface area contributed by atoms with E-state index in [1.54, 1.807) is 13.3 Å². The van der Waals surface area contributed by atoms with Crippen molar-refractivity contribution < 1.29 is 9.53 Å². The van der Waals surface area contributed by atoms with Crippen LogP contribution in [0.15, 0.2) is 42.6 Å². The molecule has 1 heterocycles. The number of carbonyl (C=O) groups excluding carboxylic acids is 1. The molecule has 2 rings (SSSR count). The van der Waals surface area contributed by atoms with E-state index in [0.717, 1.165) is 24.5 Å². The third-order valence-electron chi connectivity index (χ3n) is 3.30. The SMILES string of the molecule is COc1ccc(CCNc2ccc(NC(=O)CCN)cn2)cc1. The first-order valence-corrected chi connectivity index (χ1v) is 7.54. The molecule has 0 unspecified atom stereocenters. The molecule has 0 atom stereocenters.